The van der Waals surface area contributed by atoms with Gasteiger partial charge >= 0.3 is 0 Å². The van der Waals surface area contributed by atoms with Gasteiger partial charge in [0.05, 0.1) is 5.56 Å². The van der Waals surface area contributed by atoms with Crippen molar-refractivity contribution >= 4 is 40.4 Å². The molecule has 0 aliphatic heterocycles. The van der Waals surface area contributed by atoms with Crippen LogP contribution in [0.3, 0.4) is 0 Å². The van der Waals surface area contributed by atoms with Gasteiger partial charge in [0.15, 0.2) is 5.11 Å². The van der Waals surface area contributed by atoms with E-state index in [1.165, 1.54) is 18.2 Å². The molecular weight excluding hydrogens is 351 g/mol. The molecule has 1 amide bonds. The Hall–Kier alpha value is -3.32. The van der Waals surface area contributed by atoms with E-state index in [-0.39, 0.29) is 5.56 Å². The molecular formula is C19H15FN4OS. The third-order valence-electron chi connectivity index (χ3n) is 3.43. The molecule has 0 spiro atoms. The molecule has 3 rings (SSSR count). The molecule has 3 aromatic rings. The Morgan fingerprint density at radius 3 is 2.15 bits per heavy atom. The fourth-order valence-electron chi connectivity index (χ4n) is 2.20. The molecule has 26 heavy (non-hydrogen) atoms. The summed E-state index contributed by atoms with van der Waals surface area (Å²) in [5, 5.41) is 9.03. The summed E-state index contributed by atoms with van der Waals surface area (Å²) in [4.78, 5) is 16.2. The second-order valence-electron chi connectivity index (χ2n) is 5.31. The minimum atomic E-state index is -0.561. The highest BCUT2D eigenvalue weighted by Gasteiger charge is 2.10. The lowest BCUT2D eigenvalue weighted by Crippen LogP contribution is -2.19. The fraction of sp³-hybridized carbons (Fsp3) is 0. The monoisotopic (exact) mass is 366 g/mol. The van der Waals surface area contributed by atoms with Crippen LogP contribution < -0.4 is 16.0 Å². The normalized spacial score (nSPS) is 10.0. The largest absolute Gasteiger partial charge is 0.332 e. The average molecular weight is 366 g/mol. The third kappa shape index (κ3) is 4.61. The molecule has 0 aliphatic rings. The summed E-state index contributed by atoms with van der Waals surface area (Å²) in [6.45, 7) is 0. The van der Waals surface area contributed by atoms with Gasteiger partial charge in [-0.3, -0.25) is 4.79 Å². The van der Waals surface area contributed by atoms with Gasteiger partial charge in [-0.15, -0.1) is 0 Å². The summed E-state index contributed by atoms with van der Waals surface area (Å²) >= 11 is 5.23. The zero-order chi connectivity index (χ0) is 18.4. The van der Waals surface area contributed by atoms with E-state index in [1.807, 2.05) is 12.1 Å². The van der Waals surface area contributed by atoms with Crippen LogP contribution in [0, 0.1) is 5.82 Å². The minimum absolute atomic E-state index is 0.00422. The molecule has 130 valence electrons. The minimum Gasteiger partial charge on any atom is -0.332 e. The van der Waals surface area contributed by atoms with Gasteiger partial charge in [0.2, 0.25) is 0 Å². The molecule has 3 N–H and O–H groups in total. The van der Waals surface area contributed by atoms with E-state index >= 15 is 0 Å². The summed E-state index contributed by atoms with van der Waals surface area (Å²) in [6, 6.07) is 18.2. The number of amides is 1. The summed E-state index contributed by atoms with van der Waals surface area (Å²) in [7, 11) is 0. The molecule has 7 heteroatoms. The van der Waals surface area contributed by atoms with E-state index < -0.39 is 11.7 Å². The van der Waals surface area contributed by atoms with Crippen molar-refractivity contribution in [3.05, 3.63) is 84.3 Å². The zero-order valence-corrected chi connectivity index (χ0v) is 14.4. The highest BCUT2D eigenvalue weighted by Crippen LogP contribution is 2.16. The standard InChI is InChI=1S/C19H15FN4OS/c20-16-6-2-1-5-15(16)18(25)22-13-8-10-14(11-9-13)23-19(26)24-17-7-3-4-12-21-17/h1-12H,(H,22,25)(H2,21,23,24,26). The maximum absolute atomic E-state index is 13.6. The lowest BCUT2D eigenvalue weighted by molar-refractivity contribution is 0.102. The summed E-state index contributed by atoms with van der Waals surface area (Å²) in [5.74, 6) is -0.427. The highest BCUT2D eigenvalue weighted by molar-refractivity contribution is 7.80. The van der Waals surface area contributed by atoms with Gasteiger partial charge in [-0.2, -0.15) is 0 Å². The second-order valence-corrected chi connectivity index (χ2v) is 5.71. The molecule has 0 fully saturated rings. The Labute approximate surface area is 155 Å². The van der Waals surface area contributed by atoms with Crippen LogP contribution in [0.1, 0.15) is 10.4 Å². The van der Waals surface area contributed by atoms with Crippen LogP contribution in [0.25, 0.3) is 0 Å². The first-order chi connectivity index (χ1) is 12.6. The van der Waals surface area contributed by atoms with Crippen molar-refractivity contribution in [2.24, 2.45) is 0 Å². The van der Waals surface area contributed by atoms with E-state index in [0.717, 1.165) is 5.69 Å². The van der Waals surface area contributed by atoms with E-state index in [4.69, 9.17) is 12.2 Å². The van der Waals surface area contributed by atoms with E-state index in [1.54, 1.807) is 42.6 Å². The lowest BCUT2D eigenvalue weighted by Gasteiger charge is -2.11. The van der Waals surface area contributed by atoms with Crippen molar-refractivity contribution < 1.29 is 9.18 Å². The fourth-order valence-corrected chi connectivity index (χ4v) is 2.42. The van der Waals surface area contributed by atoms with Gasteiger partial charge in [-0.1, -0.05) is 18.2 Å². The van der Waals surface area contributed by atoms with Crippen LogP contribution in [0.5, 0.6) is 0 Å². The van der Waals surface area contributed by atoms with Crippen molar-refractivity contribution in [2.45, 2.75) is 0 Å². The van der Waals surface area contributed by atoms with Crippen LogP contribution in [0.15, 0.2) is 72.9 Å². The molecule has 0 saturated carbocycles. The van der Waals surface area contributed by atoms with Crippen LogP contribution >= 0.6 is 12.2 Å². The number of pyridine rings is 1. The number of nitrogens with one attached hydrogen (secondary N) is 3. The van der Waals surface area contributed by atoms with Gasteiger partial charge in [-0.25, -0.2) is 9.37 Å². The van der Waals surface area contributed by atoms with Crippen molar-refractivity contribution in [3.8, 4) is 0 Å². The number of rotatable bonds is 4. The van der Waals surface area contributed by atoms with Crippen molar-refractivity contribution in [3.63, 3.8) is 0 Å². The molecule has 2 aromatic carbocycles. The van der Waals surface area contributed by atoms with Crippen LogP contribution in [-0.2, 0) is 0 Å². The van der Waals surface area contributed by atoms with Crippen LogP contribution in [0.2, 0.25) is 0 Å². The molecule has 0 aliphatic carbocycles. The molecule has 0 saturated heterocycles. The molecule has 5 nitrogen and oxygen atoms in total. The smallest absolute Gasteiger partial charge is 0.258 e. The number of anilines is 3. The van der Waals surface area contributed by atoms with Crippen molar-refractivity contribution in [1.82, 2.24) is 4.98 Å². The molecule has 0 radical (unpaired) electrons. The van der Waals surface area contributed by atoms with Gasteiger partial charge in [-0.05, 0) is 60.7 Å². The number of carbonyl (C=O) groups is 1. The molecule has 0 unspecified atom stereocenters. The highest BCUT2D eigenvalue weighted by atomic mass is 32.1. The summed E-state index contributed by atoms with van der Waals surface area (Å²) < 4.78 is 13.6. The van der Waals surface area contributed by atoms with Crippen molar-refractivity contribution in [1.29, 1.82) is 0 Å². The molecule has 1 aromatic heterocycles. The summed E-state index contributed by atoms with van der Waals surface area (Å²) in [5.41, 5.74) is 1.28. The first kappa shape index (κ1) is 17.5. The first-order valence-corrected chi connectivity index (χ1v) is 8.17. The third-order valence-corrected chi connectivity index (χ3v) is 3.63. The number of halogens is 1. The Morgan fingerprint density at radius 2 is 1.50 bits per heavy atom. The predicted molar refractivity (Wildman–Crippen MR) is 105 cm³/mol. The average Bonchev–Trinajstić information content (AvgIpc) is 2.64. The van der Waals surface area contributed by atoms with Crippen LogP contribution in [-0.4, -0.2) is 16.0 Å². The van der Waals surface area contributed by atoms with Gasteiger partial charge in [0, 0.05) is 17.6 Å². The number of carbonyl (C=O) groups excluding carboxylic acids is 1. The second kappa shape index (κ2) is 8.17. The quantitative estimate of drug-likeness (QED) is 0.602. The number of benzene rings is 2. The molecule has 1 heterocycles. The number of hydrogen-bond acceptors (Lipinski definition) is 3. The topological polar surface area (TPSA) is 66.1 Å². The predicted octanol–water partition coefficient (Wildman–Crippen LogP) is 4.28. The lowest BCUT2D eigenvalue weighted by atomic mass is 10.2. The summed E-state index contributed by atoms with van der Waals surface area (Å²) in [6.07, 6.45) is 1.66. The number of nitrogens with zero attached hydrogens (tertiary/aromatic N) is 1. The molecule has 0 bridgehead atoms. The SMILES string of the molecule is O=C(Nc1ccc(NC(=S)Nc2ccccn2)cc1)c1ccccc1F. The Balaban J connectivity index is 1.59. The Morgan fingerprint density at radius 1 is 0.846 bits per heavy atom. The van der Waals surface area contributed by atoms with Gasteiger partial charge < -0.3 is 16.0 Å². The number of thiocarbonyl (C=S) groups is 1. The van der Waals surface area contributed by atoms with Gasteiger partial charge in [0.25, 0.3) is 5.91 Å². The zero-order valence-electron chi connectivity index (χ0n) is 13.6. The maximum atomic E-state index is 13.6. The number of hydrogen-bond donors (Lipinski definition) is 3. The first-order valence-electron chi connectivity index (χ1n) is 7.77. The molecule has 0 atom stereocenters. The Kier molecular flexibility index (Phi) is 5.50. The number of aromatic nitrogens is 1. The van der Waals surface area contributed by atoms with E-state index in [0.29, 0.717) is 16.6 Å². The van der Waals surface area contributed by atoms with Gasteiger partial charge in [0.1, 0.15) is 11.6 Å². The Bertz CT molecular complexity index is 916. The van der Waals surface area contributed by atoms with E-state index in [2.05, 4.69) is 20.9 Å². The van der Waals surface area contributed by atoms with E-state index in [9.17, 15) is 9.18 Å². The van der Waals surface area contributed by atoms with Crippen molar-refractivity contribution in [2.75, 3.05) is 16.0 Å². The van der Waals surface area contributed by atoms with Crippen LogP contribution in [0.4, 0.5) is 21.6 Å². The maximum Gasteiger partial charge on any atom is 0.258 e.